The minimum absolute atomic E-state index is 0.0580. The molecule has 0 radical (unpaired) electrons. The van der Waals surface area contributed by atoms with E-state index < -0.39 is 15.8 Å². The molecule has 35 heavy (non-hydrogen) atoms. The highest BCUT2D eigenvalue weighted by Crippen LogP contribution is 2.39. The number of carbonyl (C=O) groups excluding carboxylic acids is 2. The van der Waals surface area contributed by atoms with Gasteiger partial charge in [-0.1, -0.05) is 13.8 Å². The lowest BCUT2D eigenvalue weighted by molar-refractivity contribution is -0.142. The summed E-state index contributed by atoms with van der Waals surface area (Å²) >= 11 is 0. The number of fused-ring (bicyclic) bond motifs is 3. The van der Waals surface area contributed by atoms with Crippen molar-refractivity contribution >= 4 is 38.4 Å². The smallest absolute Gasteiger partial charge is 0.302 e. The van der Waals surface area contributed by atoms with Crippen molar-refractivity contribution in [1.82, 2.24) is 14.5 Å². The summed E-state index contributed by atoms with van der Waals surface area (Å²) < 4.78 is 32.4. The van der Waals surface area contributed by atoms with Crippen LogP contribution in [0.25, 0.3) is 10.9 Å². The normalized spacial score (nSPS) is 16.0. The van der Waals surface area contributed by atoms with Crippen LogP contribution in [-0.4, -0.2) is 47.5 Å². The van der Waals surface area contributed by atoms with Gasteiger partial charge in [0.25, 0.3) is 0 Å². The van der Waals surface area contributed by atoms with E-state index in [0.29, 0.717) is 35.9 Å². The number of hydrogen-bond donors (Lipinski definition) is 0. The molecular weight excluding hydrogens is 468 g/mol. The molecule has 2 aromatic heterocycles. The Balaban J connectivity index is 1.84. The number of carbonyl (C=O) groups is 2. The van der Waals surface area contributed by atoms with Crippen LogP contribution in [0.2, 0.25) is 0 Å². The molecule has 3 heterocycles. The molecule has 3 aromatic rings. The number of ether oxygens (including phenoxy) is 1. The highest BCUT2D eigenvalue weighted by atomic mass is 32.2. The Morgan fingerprint density at radius 2 is 1.89 bits per heavy atom. The number of sulfone groups is 1. The molecule has 1 aliphatic heterocycles. The molecule has 0 fully saturated rings. The number of aromatic nitrogens is 3. The molecule has 0 saturated heterocycles. The summed E-state index contributed by atoms with van der Waals surface area (Å²) in [6.07, 6.45) is 2.75. The number of aryl methyl sites for hydroxylation is 1. The van der Waals surface area contributed by atoms with Crippen LogP contribution in [0.4, 0.5) is 5.95 Å². The largest absolute Gasteiger partial charge is 0.461 e. The van der Waals surface area contributed by atoms with E-state index in [1.165, 1.54) is 13.8 Å². The summed E-state index contributed by atoms with van der Waals surface area (Å²) in [5.74, 6) is 0.224. The maximum atomic E-state index is 12.6. The van der Waals surface area contributed by atoms with Gasteiger partial charge >= 0.3 is 5.97 Å². The molecule has 4 rings (SSSR count). The van der Waals surface area contributed by atoms with Crippen molar-refractivity contribution in [3.05, 3.63) is 46.9 Å². The van der Waals surface area contributed by atoms with Gasteiger partial charge in [0.2, 0.25) is 5.95 Å². The van der Waals surface area contributed by atoms with Gasteiger partial charge in [-0.2, -0.15) is 0 Å². The van der Waals surface area contributed by atoms with Crippen LogP contribution < -0.4 is 4.90 Å². The van der Waals surface area contributed by atoms with E-state index in [0.717, 1.165) is 22.9 Å². The van der Waals surface area contributed by atoms with Gasteiger partial charge in [0.1, 0.15) is 6.61 Å². The van der Waals surface area contributed by atoms with Gasteiger partial charge in [0, 0.05) is 54.6 Å². The Morgan fingerprint density at radius 3 is 2.46 bits per heavy atom. The number of ketones is 1. The molecule has 0 N–H and O–H groups in total. The Kier molecular flexibility index (Phi) is 6.44. The molecule has 10 heteroatoms. The molecule has 186 valence electrons. The van der Waals surface area contributed by atoms with Crippen molar-refractivity contribution in [3.63, 3.8) is 0 Å². The maximum absolute atomic E-state index is 12.6. The predicted octanol–water partition coefficient (Wildman–Crippen LogP) is 3.63. The molecule has 9 nitrogen and oxygen atoms in total. The Morgan fingerprint density at radius 1 is 1.17 bits per heavy atom. The number of nitrogens with zero attached hydrogens (tertiary/aromatic N) is 4. The van der Waals surface area contributed by atoms with E-state index in [9.17, 15) is 18.0 Å². The lowest BCUT2D eigenvalue weighted by atomic mass is 9.97. The zero-order valence-corrected chi connectivity index (χ0v) is 21.6. The molecule has 1 aromatic carbocycles. The molecule has 0 amide bonds. The molecule has 0 aliphatic carbocycles. The molecule has 1 aliphatic rings. The third-order valence-corrected chi connectivity index (χ3v) is 7.56. The van der Waals surface area contributed by atoms with Crippen molar-refractivity contribution < 1.29 is 22.7 Å². The minimum atomic E-state index is -3.54. The summed E-state index contributed by atoms with van der Waals surface area (Å²) in [4.78, 5) is 34.6. The van der Waals surface area contributed by atoms with Crippen LogP contribution in [0.15, 0.2) is 29.3 Å². The number of rotatable bonds is 6. The van der Waals surface area contributed by atoms with Crippen LogP contribution in [0.5, 0.6) is 0 Å². The van der Waals surface area contributed by atoms with E-state index in [2.05, 4.69) is 39.3 Å². The first-order chi connectivity index (χ1) is 16.4. The SMILES string of the molecule is CC(=O)OCc1cc2cc3n(c2cc1S(C)(=O)=O)CCN(c1ncc(C(C)=O)c(C)n1)[C@@H]3C(C)C. The van der Waals surface area contributed by atoms with Crippen LogP contribution in [0.1, 0.15) is 61.0 Å². The fourth-order valence-electron chi connectivity index (χ4n) is 4.86. The van der Waals surface area contributed by atoms with Crippen molar-refractivity contribution in [1.29, 1.82) is 0 Å². The first kappa shape index (κ1) is 24.8. The van der Waals surface area contributed by atoms with E-state index in [4.69, 9.17) is 4.74 Å². The van der Waals surface area contributed by atoms with Crippen molar-refractivity contribution in [2.24, 2.45) is 5.92 Å². The highest BCUT2D eigenvalue weighted by Gasteiger charge is 2.34. The average molecular weight is 499 g/mol. The Labute approximate surface area is 205 Å². The number of benzene rings is 1. The van der Waals surface area contributed by atoms with Crippen molar-refractivity contribution in [2.45, 2.75) is 58.7 Å². The fraction of sp³-hybridized carbons (Fsp3) is 0.440. The van der Waals surface area contributed by atoms with Gasteiger partial charge in [0.05, 0.1) is 22.2 Å². The molecule has 1 atom stereocenters. The summed E-state index contributed by atoms with van der Waals surface area (Å²) in [5.41, 5.74) is 3.46. The maximum Gasteiger partial charge on any atom is 0.302 e. The van der Waals surface area contributed by atoms with Gasteiger partial charge in [0.15, 0.2) is 15.6 Å². The Hall–Kier alpha value is -3.27. The van der Waals surface area contributed by atoms with Gasteiger partial charge in [-0.05, 0) is 38.0 Å². The first-order valence-electron chi connectivity index (χ1n) is 11.5. The lowest BCUT2D eigenvalue weighted by Gasteiger charge is -2.39. The number of hydrogen-bond acceptors (Lipinski definition) is 8. The van der Waals surface area contributed by atoms with Gasteiger partial charge < -0.3 is 14.2 Å². The minimum Gasteiger partial charge on any atom is -0.461 e. The summed E-state index contributed by atoms with van der Waals surface area (Å²) in [5, 5.41) is 0.881. The third kappa shape index (κ3) is 4.67. The zero-order chi connectivity index (χ0) is 25.7. The van der Waals surface area contributed by atoms with Crippen LogP contribution in [0.3, 0.4) is 0 Å². The monoisotopic (exact) mass is 498 g/mol. The van der Waals surface area contributed by atoms with Gasteiger partial charge in [-0.25, -0.2) is 18.4 Å². The van der Waals surface area contributed by atoms with E-state index in [1.54, 1.807) is 18.3 Å². The average Bonchev–Trinajstić information content (AvgIpc) is 3.12. The van der Waals surface area contributed by atoms with Crippen LogP contribution in [0, 0.1) is 12.8 Å². The summed E-state index contributed by atoms with van der Waals surface area (Å²) in [7, 11) is -3.54. The second kappa shape index (κ2) is 9.07. The highest BCUT2D eigenvalue weighted by molar-refractivity contribution is 7.90. The molecule has 0 bridgehead atoms. The van der Waals surface area contributed by atoms with Crippen molar-refractivity contribution in [2.75, 3.05) is 17.7 Å². The topological polar surface area (TPSA) is 111 Å². The van der Waals surface area contributed by atoms with Crippen LogP contribution in [-0.2, 0) is 32.5 Å². The fourth-order valence-corrected chi connectivity index (χ4v) is 5.78. The van der Waals surface area contributed by atoms with Gasteiger partial charge in [-0.15, -0.1) is 0 Å². The standard InChI is InChI=1S/C25H30N4O5S/c1-14(2)24-22-10-18-9-19(13-34-17(5)31)23(35(6,32)33)11-21(18)28(22)7-8-29(24)25-26-12-20(16(4)30)15(3)27-25/h9-12,14,24H,7-8,13H2,1-6H3/t24-/m1/s1. The van der Waals surface area contributed by atoms with Crippen LogP contribution >= 0.6 is 0 Å². The lowest BCUT2D eigenvalue weighted by Crippen LogP contribution is -2.41. The first-order valence-corrected chi connectivity index (χ1v) is 13.4. The molecule has 0 unspecified atom stereocenters. The summed E-state index contributed by atoms with van der Waals surface area (Å²) in [6.45, 7) is 9.99. The third-order valence-electron chi connectivity index (χ3n) is 6.38. The second-order valence-corrected chi connectivity index (χ2v) is 11.4. The summed E-state index contributed by atoms with van der Waals surface area (Å²) in [6, 6.07) is 5.48. The Bertz CT molecular complexity index is 1440. The van der Waals surface area contributed by atoms with E-state index in [-0.39, 0.29) is 29.2 Å². The number of anilines is 1. The van der Waals surface area contributed by atoms with Gasteiger partial charge in [-0.3, -0.25) is 9.59 Å². The second-order valence-electron chi connectivity index (χ2n) is 9.40. The zero-order valence-electron chi connectivity index (χ0n) is 20.8. The molecular formula is C25H30N4O5S. The van der Waals surface area contributed by atoms with E-state index >= 15 is 0 Å². The number of esters is 1. The quantitative estimate of drug-likeness (QED) is 0.374. The molecule has 0 saturated carbocycles. The predicted molar refractivity (Wildman–Crippen MR) is 132 cm³/mol. The van der Waals surface area contributed by atoms with E-state index in [1.807, 2.05) is 6.92 Å². The molecule has 0 spiro atoms. The van der Waals surface area contributed by atoms with Crippen molar-refractivity contribution in [3.8, 4) is 0 Å². The number of Topliss-reactive ketones (excluding diaryl/α,β-unsaturated/α-hetero) is 1.